The Bertz CT molecular complexity index is 483. The molecule has 1 atom stereocenters. The first kappa shape index (κ1) is 9.43. The third-order valence-corrected chi connectivity index (χ3v) is 3.82. The summed E-state index contributed by atoms with van der Waals surface area (Å²) in [6.07, 6.45) is 3.27. The van der Waals surface area contributed by atoms with Gasteiger partial charge in [-0.1, -0.05) is 12.1 Å². The molecule has 3 rings (SSSR count). The summed E-state index contributed by atoms with van der Waals surface area (Å²) < 4.78 is 1.18. The molecule has 1 aromatic heterocycles. The molecule has 1 aromatic carbocycles. The van der Waals surface area contributed by atoms with Gasteiger partial charge in [0.25, 0.3) is 0 Å². The van der Waals surface area contributed by atoms with Crippen molar-refractivity contribution in [3.63, 3.8) is 0 Å². The number of H-pyrrole nitrogens is 1. The second kappa shape index (κ2) is 3.65. The normalized spacial score (nSPS) is 21.3. The van der Waals surface area contributed by atoms with Gasteiger partial charge in [0, 0.05) is 28.1 Å². The minimum Gasteiger partial charge on any atom is -0.360 e. The van der Waals surface area contributed by atoms with Crippen LogP contribution in [0.4, 0.5) is 0 Å². The summed E-state index contributed by atoms with van der Waals surface area (Å²) in [5.41, 5.74) is 2.69. The Kier molecular flexibility index (Phi) is 2.29. The summed E-state index contributed by atoms with van der Waals surface area (Å²) in [6, 6.07) is 6.52. The highest BCUT2D eigenvalue weighted by Crippen LogP contribution is 2.33. The molecule has 1 aliphatic rings. The Labute approximate surface area is 97.2 Å². The van der Waals surface area contributed by atoms with Gasteiger partial charge in [-0.2, -0.15) is 0 Å². The zero-order chi connectivity index (χ0) is 10.3. The number of rotatable bonds is 1. The van der Waals surface area contributed by atoms with Gasteiger partial charge in [0.05, 0.1) is 0 Å². The zero-order valence-electron chi connectivity index (χ0n) is 8.39. The first-order chi connectivity index (χ1) is 7.36. The molecule has 1 saturated heterocycles. The van der Waals surface area contributed by atoms with Gasteiger partial charge in [0.2, 0.25) is 0 Å². The van der Waals surface area contributed by atoms with Crippen LogP contribution in [0.5, 0.6) is 0 Å². The van der Waals surface area contributed by atoms with Gasteiger partial charge in [-0.15, -0.1) is 0 Å². The minimum atomic E-state index is 0.667. The van der Waals surface area contributed by atoms with Crippen molar-refractivity contribution in [2.45, 2.75) is 12.3 Å². The van der Waals surface area contributed by atoms with E-state index in [0.717, 1.165) is 13.1 Å². The molecule has 0 amide bonds. The number of nitrogens with one attached hydrogen (secondary N) is 2. The summed E-state index contributed by atoms with van der Waals surface area (Å²) in [7, 11) is 0. The number of hydrogen-bond donors (Lipinski definition) is 2. The van der Waals surface area contributed by atoms with Gasteiger partial charge < -0.3 is 10.3 Å². The van der Waals surface area contributed by atoms with Crippen molar-refractivity contribution in [2.24, 2.45) is 0 Å². The molecule has 15 heavy (non-hydrogen) atoms. The lowest BCUT2D eigenvalue weighted by atomic mass is 9.95. The molecule has 0 radical (unpaired) electrons. The van der Waals surface area contributed by atoms with Crippen molar-refractivity contribution < 1.29 is 0 Å². The summed E-state index contributed by atoms with van der Waals surface area (Å²) >= 11 is 3.61. The number of fused-ring (bicyclic) bond motifs is 1. The topological polar surface area (TPSA) is 27.8 Å². The molecule has 2 N–H and O–H groups in total. The third-order valence-electron chi connectivity index (χ3n) is 3.19. The molecular weight excluding hydrogens is 252 g/mol. The predicted molar refractivity (Wildman–Crippen MR) is 66.2 cm³/mol. The Morgan fingerprint density at radius 1 is 1.33 bits per heavy atom. The number of aromatic nitrogens is 1. The first-order valence-electron chi connectivity index (χ1n) is 5.32. The Hall–Kier alpha value is -0.800. The van der Waals surface area contributed by atoms with Crippen LogP contribution in [-0.2, 0) is 0 Å². The van der Waals surface area contributed by atoms with Crippen molar-refractivity contribution in [1.82, 2.24) is 10.3 Å². The van der Waals surface area contributed by atoms with E-state index < -0.39 is 0 Å². The van der Waals surface area contributed by atoms with Gasteiger partial charge in [-0.3, -0.25) is 0 Å². The molecule has 1 fully saturated rings. The molecule has 2 aromatic rings. The summed E-state index contributed by atoms with van der Waals surface area (Å²) in [4.78, 5) is 3.28. The van der Waals surface area contributed by atoms with Gasteiger partial charge in [0.15, 0.2) is 0 Å². The first-order valence-corrected chi connectivity index (χ1v) is 6.12. The number of hydrogen-bond acceptors (Lipinski definition) is 1. The fourth-order valence-corrected chi connectivity index (χ4v) is 2.99. The highest BCUT2D eigenvalue weighted by Gasteiger charge is 2.19. The standard InChI is InChI=1S/C12H13BrN2/c13-10-7-15-11-3-1-2-9(12(10)11)8-4-5-14-6-8/h1-3,7-8,14-15H,4-6H2. The molecule has 1 unspecified atom stereocenters. The van der Waals surface area contributed by atoms with Crippen molar-refractivity contribution in [3.05, 3.63) is 34.4 Å². The molecule has 0 aliphatic carbocycles. The van der Waals surface area contributed by atoms with Gasteiger partial charge in [-0.25, -0.2) is 0 Å². The van der Waals surface area contributed by atoms with Crippen LogP contribution < -0.4 is 5.32 Å². The Morgan fingerprint density at radius 3 is 3.07 bits per heavy atom. The maximum Gasteiger partial charge on any atom is 0.0468 e. The molecule has 0 spiro atoms. The molecule has 0 bridgehead atoms. The van der Waals surface area contributed by atoms with Crippen LogP contribution in [0.1, 0.15) is 17.9 Å². The highest BCUT2D eigenvalue weighted by molar-refractivity contribution is 9.10. The van der Waals surface area contributed by atoms with Crippen molar-refractivity contribution >= 4 is 26.8 Å². The largest absolute Gasteiger partial charge is 0.360 e. The molecular formula is C12H13BrN2. The van der Waals surface area contributed by atoms with Crippen LogP contribution in [0.15, 0.2) is 28.9 Å². The molecule has 2 heterocycles. The maximum absolute atomic E-state index is 3.61. The van der Waals surface area contributed by atoms with Crippen molar-refractivity contribution in [3.8, 4) is 0 Å². The van der Waals surface area contributed by atoms with E-state index in [2.05, 4.69) is 44.4 Å². The summed E-state index contributed by atoms with van der Waals surface area (Å²) in [6.45, 7) is 2.25. The van der Waals surface area contributed by atoms with Crippen LogP contribution >= 0.6 is 15.9 Å². The Morgan fingerprint density at radius 2 is 2.27 bits per heavy atom. The minimum absolute atomic E-state index is 0.667. The average molecular weight is 265 g/mol. The van der Waals surface area contributed by atoms with Crippen LogP contribution in [0.3, 0.4) is 0 Å². The fraction of sp³-hybridized carbons (Fsp3) is 0.333. The second-order valence-electron chi connectivity index (χ2n) is 4.10. The molecule has 1 aliphatic heterocycles. The molecule has 0 saturated carbocycles. The number of halogens is 1. The van der Waals surface area contributed by atoms with Crippen molar-refractivity contribution in [2.75, 3.05) is 13.1 Å². The quantitative estimate of drug-likeness (QED) is 0.815. The SMILES string of the molecule is Brc1c[nH]c2cccc(C3CCNC3)c12. The van der Waals surface area contributed by atoms with E-state index in [4.69, 9.17) is 0 Å². The van der Waals surface area contributed by atoms with Gasteiger partial charge in [0.1, 0.15) is 0 Å². The van der Waals surface area contributed by atoms with E-state index >= 15 is 0 Å². The number of benzene rings is 1. The van der Waals surface area contributed by atoms with Crippen LogP contribution in [0.25, 0.3) is 10.9 Å². The molecule has 2 nitrogen and oxygen atoms in total. The summed E-state index contributed by atoms with van der Waals surface area (Å²) in [5, 5.41) is 4.77. The Balaban J connectivity index is 2.19. The van der Waals surface area contributed by atoms with E-state index in [-0.39, 0.29) is 0 Å². The second-order valence-corrected chi connectivity index (χ2v) is 4.95. The van der Waals surface area contributed by atoms with Gasteiger partial charge >= 0.3 is 0 Å². The van der Waals surface area contributed by atoms with E-state index in [1.807, 2.05) is 6.20 Å². The van der Waals surface area contributed by atoms with Crippen LogP contribution in [0, 0.1) is 0 Å². The predicted octanol–water partition coefficient (Wildman–Crippen LogP) is 3.01. The lowest BCUT2D eigenvalue weighted by molar-refractivity contribution is 0.770. The number of aromatic amines is 1. The fourth-order valence-electron chi connectivity index (χ4n) is 2.43. The summed E-state index contributed by atoms with van der Waals surface area (Å²) in [5.74, 6) is 0.667. The van der Waals surface area contributed by atoms with Gasteiger partial charge in [-0.05, 0) is 46.4 Å². The van der Waals surface area contributed by atoms with Crippen LogP contribution in [0.2, 0.25) is 0 Å². The van der Waals surface area contributed by atoms with E-state index in [9.17, 15) is 0 Å². The maximum atomic E-state index is 3.61. The van der Waals surface area contributed by atoms with Crippen molar-refractivity contribution in [1.29, 1.82) is 0 Å². The average Bonchev–Trinajstić information content (AvgIpc) is 2.88. The lowest BCUT2D eigenvalue weighted by Gasteiger charge is -2.10. The zero-order valence-corrected chi connectivity index (χ0v) is 9.97. The lowest BCUT2D eigenvalue weighted by Crippen LogP contribution is -2.08. The third kappa shape index (κ3) is 1.50. The molecule has 3 heteroatoms. The molecule has 78 valence electrons. The highest BCUT2D eigenvalue weighted by atomic mass is 79.9. The monoisotopic (exact) mass is 264 g/mol. The van der Waals surface area contributed by atoms with Crippen LogP contribution in [-0.4, -0.2) is 18.1 Å². The smallest absolute Gasteiger partial charge is 0.0468 e. The van der Waals surface area contributed by atoms with E-state index in [1.54, 1.807) is 0 Å². The van der Waals surface area contributed by atoms with E-state index in [0.29, 0.717) is 5.92 Å². The van der Waals surface area contributed by atoms with E-state index in [1.165, 1.54) is 27.4 Å².